The number of hydrogen-bond acceptors (Lipinski definition) is 4. The molecular formula is C24H19ClN2O2S. The molecule has 1 aliphatic rings. The predicted octanol–water partition coefficient (Wildman–Crippen LogP) is 6.15. The molecule has 3 aromatic rings. The first-order valence-corrected chi connectivity index (χ1v) is 10.6. The molecule has 0 bridgehead atoms. The van der Waals surface area contributed by atoms with Crippen LogP contribution in [0, 0.1) is 0 Å². The molecule has 6 heteroatoms. The predicted molar refractivity (Wildman–Crippen MR) is 124 cm³/mol. The molecule has 3 aromatic carbocycles. The van der Waals surface area contributed by atoms with Gasteiger partial charge >= 0.3 is 0 Å². The van der Waals surface area contributed by atoms with Gasteiger partial charge < -0.3 is 4.74 Å². The van der Waals surface area contributed by atoms with Gasteiger partial charge in [-0.3, -0.25) is 9.69 Å². The fourth-order valence-corrected chi connectivity index (χ4v) is 4.09. The third-order valence-corrected chi connectivity index (χ3v) is 5.80. The zero-order valence-electron chi connectivity index (χ0n) is 16.3. The van der Waals surface area contributed by atoms with Crippen LogP contribution in [0.15, 0.2) is 88.8 Å². The number of halogens is 1. The largest absolute Gasteiger partial charge is 0.497 e. The molecule has 0 atom stereocenters. The second-order valence-corrected chi connectivity index (χ2v) is 8.08. The number of para-hydroxylation sites is 1. The number of amidine groups is 1. The van der Waals surface area contributed by atoms with Crippen LogP contribution in [0.25, 0.3) is 6.08 Å². The SMILES string of the molecule is COc1ccc(CN2C(=O)/C(=C\c3ccc(Cl)cc3)SC2=Nc2ccccc2)cc1. The van der Waals surface area contributed by atoms with Gasteiger partial charge in [0.05, 0.1) is 24.2 Å². The van der Waals surface area contributed by atoms with Crippen molar-refractivity contribution in [2.75, 3.05) is 7.11 Å². The van der Waals surface area contributed by atoms with E-state index < -0.39 is 0 Å². The van der Waals surface area contributed by atoms with Crippen LogP contribution in [-0.2, 0) is 11.3 Å². The first kappa shape index (κ1) is 20.3. The fourth-order valence-electron chi connectivity index (χ4n) is 2.97. The summed E-state index contributed by atoms with van der Waals surface area (Å²) in [6.07, 6.45) is 1.87. The highest BCUT2D eigenvalue weighted by Gasteiger charge is 2.33. The van der Waals surface area contributed by atoms with E-state index in [0.29, 0.717) is 21.6 Å². The van der Waals surface area contributed by atoms with Gasteiger partial charge in [-0.25, -0.2) is 4.99 Å². The minimum atomic E-state index is -0.0690. The van der Waals surface area contributed by atoms with Gasteiger partial charge in [-0.15, -0.1) is 0 Å². The lowest BCUT2D eigenvalue weighted by molar-refractivity contribution is -0.122. The Bertz CT molecular complexity index is 1090. The van der Waals surface area contributed by atoms with E-state index in [2.05, 4.69) is 0 Å². The molecule has 0 aromatic heterocycles. The van der Waals surface area contributed by atoms with Crippen molar-refractivity contribution in [3.8, 4) is 5.75 Å². The molecule has 0 saturated carbocycles. The lowest BCUT2D eigenvalue weighted by Gasteiger charge is -2.16. The van der Waals surface area contributed by atoms with Crippen molar-refractivity contribution in [3.05, 3.63) is 99.9 Å². The lowest BCUT2D eigenvalue weighted by Crippen LogP contribution is -2.28. The highest BCUT2D eigenvalue weighted by atomic mass is 35.5. The Balaban J connectivity index is 1.66. The Morgan fingerprint density at radius 1 is 1.00 bits per heavy atom. The van der Waals surface area contributed by atoms with Crippen LogP contribution in [0.4, 0.5) is 5.69 Å². The Morgan fingerprint density at radius 2 is 1.70 bits per heavy atom. The lowest BCUT2D eigenvalue weighted by atomic mass is 10.2. The molecule has 1 fully saturated rings. The van der Waals surface area contributed by atoms with Crippen molar-refractivity contribution < 1.29 is 9.53 Å². The van der Waals surface area contributed by atoms with Crippen LogP contribution in [0.3, 0.4) is 0 Å². The van der Waals surface area contributed by atoms with Crippen LogP contribution in [0.1, 0.15) is 11.1 Å². The van der Waals surface area contributed by atoms with Crippen LogP contribution in [0.2, 0.25) is 5.02 Å². The van der Waals surface area contributed by atoms with Crippen molar-refractivity contribution in [1.29, 1.82) is 0 Å². The van der Waals surface area contributed by atoms with Crippen molar-refractivity contribution in [3.63, 3.8) is 0 Å². The van der Waals surface area contributed by atoms with Gasteiger partial charge in [0.15, 0.2) is 5.17 Å². The van der Waals surface area contributed by atoms with Gasteiger partial charge in [0.1, 0.15) is 5.75 Å². The molecule has 0 aliphatic carbocycles. The van der Waals surface area contributed by atoms with Crippen LogP contribution in [0.5, 0.6) is 5.75 Å². The Kier molecular flexibility index (Phi) is 6.21. The molecule has 0 radical (unpaired) electrons. The standard InChI is InChI=1S/C24H19ClN2O2S/c1-29-21-13-9-18(10-14-21)16-27-23(28)22(15-17-7-11-19(25)12-8-17)30-24(27)26-20-5-3-2-4-6-20/h2-15H,16H2,1H3/b22-15+,26-24?. The van der Waals surface area contributed by atoms with Crippen molar-refractivity contribution in [1.82, 2.24) is 4.90 Å². The van der Waals surface area contributed by atoms with Gasteiger partial charge in [-0.1, -0.05) is 54.1 Å². The zero-order valence-corrected chi connectivity index (χ0v) is 17.9. The van der Waals surface area contributed by atoms with E-state index in [-0.39, 0.29) is 5.91 Å². The molecule has 4 rings (SSSR count). The first-order valence-electron chi connectivity index (χ1n) is 9.36. The number of ether oxygens (including phenoxy) is 1. The molecule has 1 heterocycles. The van der Waals surface area contributed by atoms with Crippen LogP contribution < -0.4 is 4.74 Å². The smallest absolute Gasteiger partial charge is 0.267 e. The molecule has 1 aliphatic heterocycles. The Morgan fingerprint density at radius 3 is 2.37 bits per heavy atom. The fraction of sp³-hybridized carbons (Fsp3) is 0.0833. The minimum Gasteiger partial charge on any atom is -0.497 e. The molecule has 1 amide bonds. The van der Waals surface area contributed by atoms with Gasteiger partial charge in [-0.2, -0.15) is 0 Å². The van der Waals surface area contributed by atoms with E-state index in [1.54, 1.807) is 12.0 Å². The van der Waals surface area contributed by atoms with E-state index in [1.165, 1.54) is 11.8 Å². The number of amides is 1. The minimum absolute atomic E-state index is 0.0690. The summed E-state index contributed by atoms with van der Waals surface area (Å²) in [7, 11) is 1.63. The van der Waals surface area contributed by atoms with Gasteiger partial charge in [0, 0.05) is 5.02 Å². The summed E-state index contributed by atoms with van der Waals surface area (Å²) in [5.74, 6) is 0.711. The van der Waals surface area contributed by atoms with Crippen molar-refractivity contribution >= 4 is 46.2 Å². The van der Waals surface area contributed by atoms with E-state index in [4.69, 9.17) is 21.3 Å². The van der Waals surface area contributed by atoms with Crippen molar-refractivity contribution in [2.45, 2.75) is 6.54 Å². The summed E-state index contributed by atoms with van der Waals surface area (Å²) in [5.41, 5.74) is 2.72. The molecule has 150 valence electrons. The maximum Gasteiger partial charge on any atom is 0.267 e. The maximum atomic E-state index is 13.2. The van der Waals surface area contributed by atoms with E-state index in [0.717, 1.165) is 22.6 Å². The molecule has 0 unspecified atom stereocenters. The molecule has 0 spiro atoms. The van der Waals surface area contributed by atoms with Gasteiger partial charge in [-0.05, 0) is 65.4 Å². The normalized spacial score (nSPS) is 16.5. The number of thioether (sulfide) groups is 1. The molecule has 30 heavy (non-hydrogen) atoms. The number of methoxy groups -OCH3 is 1. The van der Waals surface area contributed by atoms with E-state index in [9.17, 15) is 4.79 Å². The third-order valence-electron chi connectivity index (χ3n) is 4.54. The summed E-state index contributed by atoms with van der Waals surface area (Å²) < 4.78 is 5.23. The number of carbonyl (C=O) groups excluding carboxylic acids is 1. The maximum absolute atomic E-state index is 13.2. The average molecular weight is 435 g/mol. The molecule has 1 saturated heterocycles. The second kappa shape index (κ2) is 9.20. The van der Waals surface area contributed by atoms with Gasteiger partial charge in [0.25, 0.3) is 5.91 Å². The summed E-state index contributed by atoms with van der Waals surface area (Å²) in [4.78, 5) is 20.3. The topological polar surface area (TPSA) is 41.9 Å². The average Bonchev–Trinajstić information content (AvgIpc) is 3.05. The third kappa shape index (κ3) is 4.75. The number of aliphatic imine (C=N–C) groups is 1. The number of nitrogens with zero attached hydrogens (tertiary/aromatic N) is 2. The van der Waals surface area contributed by atoms with E-state index >= 15 is 0 Å². The summed E-state index contributed by atoms with van der Waals surface area (Å²) in [6, 6.07) is 24.7. The van der Waals surface area contributed by atoms with E-state index in [1.807, 2.05) is 84.9 Å². The second-order valence-electron chi connectivity index (χ2n) is 6.63. The first-order chi connectivity index (χ1) is 14.6. The number of hydrogen-bond donors (Lipinski definition) is 0. The zero-order chi connectivity index (χ0) is 20.9. The highest BCUT2D eigenvalue weighted by Crippen LogP contribution is 2.35. The highest BCUT2D eigenvalue weighted by molar-refractivity contribution is 8.18. The number of rotatable bonds is 5. The Labute approximate surface area is 184 Å². The Hall–Kier alpha value is -3.02. The molecule has 4 nitrogen and oxygen atoms in total. The summed E-state index contributed by atoms with van der Waals surface area (Å²) in [5, 5.41) is 1.32. The summed E-state index contributed by atoms with van der Waals surface area (Å²) in [6.45, 7) is 0.430. The van der Waals surface area contributed by atoms with Crippen LogP contribution in [-0.4, -0.2) is 23.1 Å². The number of carbonyl (C=O) groups is 1. The van der Waals surface area contributed by atoms with Crippen LogP contribution >= 0.6 is 23.4 Å². The molecular weight excluding hydrogens is 416 g/mol. The van der Waals surface area contributed by atoms with Crippen molar-refractivity contribution in [2.24, 2.45) is 4.99 Å². The number of benzene rings is 3. The van der Waals surface area contributed by atoms with Gasteiger partial charge in [0.2, 0.25) is 0 Å². The monoisotopic (exact) mass is 434 g/mol. The summed E-state index contributed by atoms with van der Waals surface area (Å²) >= 11 is 7.35. The molecule has 0 N–H and O–H groups in total. The quantitative estimate of drug-likeness (QED) is 0.452.